The van der Waals surface area contributed by atoms with Gasteiger partial charge in [0.05, 0.1) is 11.3 Å². The van der Waals surface area contributed by atoms with E-state index in [9.17, 15) is 9.59 Å². The molecule has 1 aromatic carbocycles. The van der Waals surface area contributed by atoms with Crippen molar-refractivity contribution < 1.29 is 9.59 Å². The summed E-state index contributed by atoms with van der Waals surface area (Å²) in [6.07, 6.45) is 0. The molecule has 1 N–H and O–H groups in total. The highest BCUT2D eigenvalue weighted by Crippen LogP contribution is 2.29. The molecule has 0 aliphatic carbocycles. The third-order valence-corrected chi connectivity index (χ3v) is 4.42. The number of alkyl halides is 3. The van der Waals surface area contributed by atoms with Gasteiger partial charge in [0, 0.05) is 24.6 Å². The smallest absolute Gasteiger partial charge is 0.276 e. The van der Waals surface area contributed by atoms with Gasteiger partial charge in [-0.25, -0.2) is 0 Å². The molecule has 4 nitrogen and oxygen atoms in total. The minimum absolute atomic E-state index is 0.129. The molecule has 0 saturated carbocycles. The largest absolute Gasteiger partial charge is 0.337 e. The van der Waals surface area contributed by atoms with Crippen LogP contribution in [0.15, 0.2) is 24.3 Å². The van der Waals surface area contributed by atoms with Crippen LogP contribution >= 0.6 is 46.6 Å². The Morgan fingerprint density at radius 3 is 2.38 bits per heavy atom. The molecule has 1 aliphatic heterocycles. The molecule has 1 saturated heterocycles. The van der Waals surface area contributed by atoms with Crippen molar-refractivity contribution in [3.63, 3.8) is 0 Å². The van der Waals surface area contributed by atoms with Gasteiger partial charge in [-0.2, -0.15) is 11.8 Å². The van der Waals surface area contributed by atoms with Crippen LogP contribution in [0.2, 0.25) is 0 Å². The molecule has 0 unspecified atom stereocenters. The van der Waals surface area contributed by atoms with Gasteiger partial charge < -0.3 is 10.2 Å². The zero-order chi connectivity index (χ0) is 15.5. The van der Waals surface area contributed by atoms with Gasteiger partial charge in [0.1, 0.15) is 0 Å². The Kier molecular flexibility index (Phi) is 5.66. The number of nitrogens with zero attached hydrogens (tertiary/aromatic N) is 1. The van der Waals surface area contributed by atoms with Gasteiger partial charge in [-0.05, 0) is 12.1 Å². The molecule has 0 radical (unpaired) electrons. The van der Waals surface area contributed by atoms with Crippen LogP contribution in [-0.4, -0.2) is 45.1 Å². The lowest BCUT2D eigenvalue weighted by atomic mass is 10.1. The van der Waals surface area contributed by atoms with E-state index in [1.165, 1.54) is 0 Å². The fourth-order valence-electron chi connectivity index (χ4n) is 1.91. The number of carbonyl (C=O) groups is 2. The molecule has 21 heavy (non-hydrogen) atoms. The molecule has 0 aromatic heterocycles. The summed E-state index contributed by atoms with van der Waals surface area (Å²) in [5.41, 5.74) is 0.740. The quantitative estimate of drug-likeness (QED) is 0.817. The number of hydrogen-bond donors (Lipinski definition) is 1. The number of para-hydroxylation sites is 1. The second-order valence-corrected chi connectivity index (χ2v) is 7.91. The summed E-state index contributed by atoms with van der Waals surface area (Å²) in [6, 6.07) is 6.70. The van der Waals surface area contributed by atoms with Crippen LogP contribution in [0.3, 0.4) is 0 Å². The second-order valence-electron chi connectivity index (χ2n) is 4.40. The van der Waals surface area contributed by atoms with E-state index in [4.69, 9.17) is 34.8 Å². The first-order valence-corrected chi connectivity index (χ1v) is 8.52. The predicted molar refractivity (Wildman–Crippen MR) is 88.6 cm³/mol. The van der Waals surface area contributed by atoms with Crippen molar-refractivity contribution in [2.24, 2.45) is 0 Å². The van der Waals surface area contributed by atoms with Crippen LogP contribution in [0.5, 0.6) is 0 Å². The van der Waals surface area contributed by atoms with Gasteiger partial charge in [-0.3, -0.25) is 9.59 Å². The van der Waals surface area contributed by atoms with Gasteiger partial charge in [0.2, 0.25) is 0 Å². The number of benzene rings is 1. The fourth-order valence-corrected chi connectivity index (χ4v) is 2.95. The molecule has 2 amide bonds. The van der Waals surface area contributed by atoms with E-state index in [0.717, 1.165) is 11.5 Å². The summed E-state index contributed by atoms with van der Waals surface area (Å²) in [5, 5.41) is 2.48. The highest BCUT2D eigenvalue weighted by Gasteiger charge is 2.31. The Bertz CT molecular complexity index is 542. The zero-order valence-electron chi connectivity index (χ0n) is 10.9. The summed E-state index contributed by atoms with van der Waals surface area (Å²) in [5.74, 6) is 0.903. The first-order valence-electron chi connectivity index (χ1n) is 6.24. The normalized spacial score (nSPS) is 15.7. The maximum Gasteiger partial charge on any atom is 0.276 e. The van der Waals surface area contributed by atoms with Gasteiger partial charge in [-0.1, -0.05) is 46.9 Å². The van der Waals surface area contributed by atoms with Crippen molar-refractivity contribution in [3.8, 4) is 0 Å². The molecule has 1 heterocycles. The van der Waals surface area contributed by atoms with Crippen molar-refractivity contribution in [2.45, 2.75) is 3.79 Å². The van der Waals surface area contributed by atoms with Crippen molar-refractivity contribution in [2.75, 3.05) is 29.9 Å². The molecule has 1 aromatic rings. The SMILES string of the molecule is O=C(c1ccccc1NC(=O)C(Cl)(Cl)Cl)N1CCSCC1. The third kappa shape index (κ3) is 4.42. The first kappa shape index (κ1) is 16.7. The van der Waals surface area contributed by atoms with E-state index in [2.05, 4.69) is 5.32 Å². The van der Waals surface area contributed by atoms with Crippen LogP contribution in [0.25, 0.3) is 0 Å². The summed E-state index contributed by atoms with van der Waals surface area (Å²) in [7, 11) is 0. The van der Waals surface area contributed by atoms with Gasteiger partial charge in [0.15, 0.2) is 0 Å². The Hall–Kier alpha value is -0.620. The average molecular weight is 368 g/mol. The molecule has 0 atom stereocenters. The first-order chi connectivity index (χ1) is 9.89. The Balaban J connectivity index is 2.20. The topological polar surface area (TPSA) is 49.4 Å². The summed E-state index contributed by atoms with van der Waals surface area (Å²) in [4.78, 5) is 26.0. The van der Waals surface area contributed by atoms with E-state index in [0.29, 0.717) is 24.3 Å². The third-order valence-electron chi connectivity index (χ3n) is 2.96. The number of hydrogen-bond acceptors (Lipinski definition) is 3. The number of thioether (sulfide) groups is 1. The number of amides is 2. The lowest BCUT2D eigenvalue weighted by Gasteiger charge is -2.27. The molecule has 1 aliphatic rings. The van der Waals surface area contributed by atoms with Crippen LogP contribution in [0.4, 0.5) is 5.69 Å². The van der Waals surface area contributed by atoms with Crippen molar-refractivity contribution in [1.82, 2.24) is 4.90 Å². The summed E-state index contributed by atoms with van der Waals surface area (Å²) in [6.45, 7) is 1.38. The average Bonchev–Trinajstić information content (AvgIpc) is 2.47. The van der Waals surface area contributed by atoms with E-state index in [1.807, 2.05) is 11.8 Å². The Morgan fingerprint density at radius 1 is 1.14 bits per heavy atom. The lowest BCUT2D eigenvalue weighted by molar-refractivity contribution is -0.115. The predicted octanol–water partition coefficient (Wildman–Crippen LogP) is 3.18. The standard InChI is InChI=1S/C13H13Cl3N2O2S/c14-13(15,16)12(20)17-10-4-2-1-3-9(10)11(19)18-5-7-21-8-6-18/h1-4H,5-8H2,(H,17,20). The summed E-state index contributed by atoms with van der Waals surface area (Å²) < 4.78 is -2.07. The van der Waals surface area contributed by atoms with Crippen molar-refractivity contribution in [3.05, 3.63) is 29.8 Å². The van der Waals surface area contributed by atoms with Crippen molar-refractivity contribution in [1.29, 1.82) is 0 Å². The number of rotatable bonds is 2. The molecular formula is C13H13Cl3N2O2S. The molecule has 8 heteroatoms. The van der Waals surface area contributed by atoms with E-state index in [1.54, 1.807) is 29.2 Å². The second kappa shape index (κ2) is 7.09. The molecule has 1 fully saturated rings. The van der Waals surface area contributed by atoms with Crippen LogP contribution in [0.1, 0.15) is 10.4 Å². The van der Waals surface area contributed by atoms with Crippen LogP contribution in [0, 0.1) is 0 Å². The van der Waals surface area contributed by atoms with E-state index < -0.39 is 9.70 Å². The maximum atomic E-state index is 12.5. The Morgan fingerprint density at radius 2 is 1.76 bits per heavy atom. The number of halogens is 3. The Labute approximate surface area is 142 Å². The minimum Gasteiger partial charge on any atom is -0.337 e. The monoisotopic (exact) mass is 366 g/mol. The highest BCUT2D eigenvalue weighted by atomic mass is 35.6. The number of anilines is 1. The molecular weight excluding hydrogens is 355 g/mol. The molecule has 0 spiro atoms. The highest BCUT2D eigenvalue weighted by molar-refractivity contribution is 7.99. The van der Waals surface area contributed by atoms with Gasteiger partial charge in [-0.15, -0.1) is 0 Å². The van der Waals surface area contributed by atoms with Gasteiger partial charge >= 0.3 is 0 Å². The van der Waals surface area contributed by atoms with Crippen LogP contribution < -0.4 is 5.32 Å². The summed E-state index contributed by atoms with van der Waals surface area (Å²) >= 11 is 18.4. The molecule has 0 bridgehead atoms. The van der Waals surface area contributed by atoms with Gasteiger partial charge in [0.25, 0.3) is 15.6 Å². The zero-order valence-corrected chi connectivity index (χ0v) is 14.0. The number of nitrogens with one attached hydrogen (secondary N) is 1. The van der Waals surface area contributed by atoms with E-state index in [-0.39, 0.29) is 5.91 Å². The van der Waals surface area contributed by atoms with E-state index >= 15 is 0 Å². The minimum atomic E-state index is -2.07. The van der Waals surface area contributed by atoms with Crippen LogP contribution in [-0.2, 0) is 4.79 Å². The fraction of sp³-hybridized carbons (Fsp3) is 0.385. The number of carbonyl (C=O) groups excluding carboxylic acids is 2. The van der Waals surface area contributed by atoms with Crippen molar-refractivity contribution >= 4 is 64.1 Å². The lowest BCUT2D eigenvalue weighted by Crippen LogP contribution is -2.38. The maximum absolute atomic E-state index is 12.5. The molecule has 2 rings (SSSR count). The molecule has 114 valence electrons.